The number of ether oxygens (including phenoxy) is 1. The van der Waals surface area contributed by atoms with Gasteiger partial charge in [-0.05, 0) is 78.3 Å². The molecule has 176 valence electrons. The molecule has 3 N–H and O–H groups in total. The summed E-state index contributed by atoms with van der Waals surface area (Å²) >= 11 is 0. The summed E-state index contributed by atoms with van der Waals surface area (Å²) in [5, 5.41) is 3.42. The molecule has 2 atom stereocenters. The summed E-state index contributed by atoms with van der Waals surface area (Å²) in [7, 11) is 0.266. The molecule has 2 unspecified atom stereocenters. The van der Waals surface area contributed by atoms with Crippen molar-refractivity contribution in [1.82, 2.24) is 0 Å². The molecule has 0 heterocycles. The Morgan fingerprint density at radius 1 is 1.06 bits per heavy atom. The maximum atomic E-state index is 6.44. The SMILES string of the molecule is C=CCc1ccc(O[P+](=NC(C)Nc2ccc(CC=C)cc2OC)C(N)=CC(C)C)c(C)c1. The van der Waals surface area contributed by atoms with Gasteiger partial charge in [0.15, 0.2) is 11.9 Å². The normalized spacial score (nSPS) is 12.9. The van der Waals surface area contributed by atoms with Gasteiger partial charge in [-0.15, -0.1) is 13.2 Å². The van der Waals surface area contributed by atoms with Crippen LogP contribution >= 0.6 is 7.94 Å². The lowest BCUT2D eigenvalue weighted by molar-refractivity contribution is 0.415. The summed E-state index contributed by atoms with van der Waals surface area (Å²) in [5.74, 6) is 1.85. The largest absolute Gasteiger partial charge is 0.495 e. The van der Waals surface area contributed by atoms with Crippen molar-refractivity contribution in [2.45, 2.75) is 46.7 Å². The van der Waals surface area contributed by atoms with Gasteiger partial charge >= 0.3 is 7.94 Å². The van der Waals surface area contributed by atoms with E-state index in [0.29, 0.717) is 11.4 Å². The monoisotopic (exact) mass is 466 g/mol. The van der Waals surface area contributed by atoms with Crippen molar-refractivity contribution in [1.29, 1.82) is 0 Å². The maximum absolute atomic E-state index is 6.44. The standard InChI is InChI=1S/C27H37N3O2P/c1-8-10-22-13-15-25(20(5)17-22)32-33(27(28)16-19(3)4)30-21(6)29-24-14-12-23(11-9-2)18-26(24)31-7/h8-9,12-19,21,29H,1-2,10-11,28H2,3-7H3/q+1. The fraction of sp³-hybridized carbons (Fsp3) is 0.333. The molecule has 5 nitrogen and oxygen atoms in total. The summed E-state index contributed by atoms with van der Waals surface area (Å²) in [6.45, 7) is 15.8. The summed E-state index contributed by atoms with van der Waals surface area (Å²) < 4.78 is 16.8. The van der Waals surface area contributed by atoms with Crippen LogP contribution in [-0.4, -0.2) is 13.3 Å². The third kappa shape index (κ3) is 8.11. The summed E-state index contributed by atoms with van der Waals surface area (Å²) in [6, 6.07) is 12.2. The Morgan fingerprint density at radius 2 is 1.70 bits per heavy atom. The third-order valence-electron chi connectivity index (χ3n) is 4.82. The van der Waals surface area contributed by atoms with Crippen LogP contribution in [0, 0.1) is 12.8 Å². The number of nitrogens with two attached hydrogens (primary N) is 1. The number of rotatable bonds is 12. The zero-order valence-electron chi connectivity index (χ0n) is 20.5. The van der Waals surface area contributed by atoms with E-state index in [1.54, 1.807) is 7.11 Å². The number of benzene rings is 2. The van der Waals surface area contributed by atoms with Gasteiger partial charge in [0.1, 0.15) is 5.75 Å². The predicted octanol–water partition coefficient (Wildman–Crippen LogP) is 7.33. The van der Waals surface area contributed by atoms with Crippen LogP contribution in [0.1, 0.15) is 37.5 Å². The predicted molar refractivity (Wildman–Crippen MR) is 142 cm³/mol. The highest BCUT2D eigenvalue weighted by Crippen LogP contribution is 2.39. The Hall–Kier alpha value is -3.04. The molecule has 0 aliphatic heterocycles. The average Bonchev–Trinajstić information content (AvgIpc) is 2.76. The molecule has 0 saturated heterocycles. The van der Waals surface area contributed by atoms with Crippen LogP contribution in [0.25, 0.3) is 0 Å². The maximum Gasteiger partial charge on any atom is 0.479 e. The van der Waals surface area contributed by atoms with E-state index in [1.165, 1.54) is 5.56 Å². The van der Waals surface area contributed by atoms with E-state index >= 15 is 0 Å². The van der Waals surface area contributed by atoms with Gasteiger partial charge in [0.05, 0.1) is 12.8 Å². The minimum Gasteiger partial charge on any atom is -0.495 e. The molecule has 33 heavy (non-hydrogen) atoms. The van der Waals surface area contributed by atoms with Gasteiger partial charge in [0.2, 0.25) is 0 Å². The Kier molecular flexibility index (Phi) is 10.2. The number of nitrogens with one attached hydrogen (secondary N) is 1. The minimum absolute atomic E-state index is 0.241. The van der Waals surface area contributed by atoms with Crippen molar-refractivity contribution in [3.63, 3.8) is 0 Å². The number of nitrogens with zero attached hydrogens (tertiary/aromatic N) is 1. The van der Waals surface area contributed by atoms with Gasteiger partial charge in [0.25, 0.3) is 5.44 Å². The molecule has 0 saturated carbocycles. The second-order valence-electron chi connectivity index (χ2n) is 8.26. The first-order valence-corrected chi connectivity index (χ1v) is 12.4. The average molecular weight is 467 g/mol. The van der Waals surface area contributed by atoms with Gasteiger partial charge in [-0.1, -0.05) is 44.2 Å². The fourth-order valence-electron chi connectivity index (χ4n) is 3.31. The highest BCUT2D eigenvalue weighted by Gasteiger charge is 2.25. The summed E-state index contributed by atoms with van der Waals surface area (Å²) in [4.78, 5) is 0. The summed E-state index contributed by atoms with van der Waals surface area (Å²) in [6.07, 6.45) is 7.15. The van der Waals surface area contributed by atoms with E-state index in [1.807, 2.05) is 50.3 Å². The molecular weight excluding hydrogens is 429 g/mol. The Morgan fingerprint density at radius 3 is 2.27 bits per heavy atom. The first-order valence-electron chi connectivity index (χ1n) is 11.2. The topological polar surface area (TPSA) is 68.9 Å². The summed E-state index contributed by atoms with van der Waals surface area (Å²) in [5.41, 5.74) is 11.3. The van der Waals surface area contributed by atoms with Crippen LogP contribution < -0.4 is 20.3 Å². The van der Waals surface area contributed by atoms with Crippen molar-refractivity contribution < 1.29 is 9.26 Å². The molecule has 0 aliphatic carbocycles. The lowest BCUT2D eigenvalue weighted by Gasteiger charge is -2.14. The third-order valence-corrected chi connectivity index (χ3v) is 6.33. The van der Waals surface area contributed by atoms with E-state index in [9.17, 15) is 0 Å². The smallest absolute Gasteiger partial charge is 0.479 e. The van der Waals surface area contributed by atoms with Crippen LogP contribution in [0.2, 0.25) is 0 Å². The molecule has 2 aromatic rings. The van der Waals surface area contributed by atoms with Crippen LogP contribution in [0.15, 0.2) is 78.0 Å². The Bertz CT molecular complexity index is 1030. The van der Waals surface area contributed by atoms with Crippen molar-refractivity contribution >= 4 is 13.6 Å². The second kappa shape index (κ2) is 12.9. The van der Waals surface area contributed by atoms with Crippen molar-refractivity contribution in [3.05, 3.63) is 89.9 Å². The van der Waals surface area contributed by atoms with Gasteiger partial charge in [-0.3, -0.25) is 4.52 Å². The number of hydrogen-bond donors (Lipinski definition) is 2. The molecule has 0 radical (unpaired) electrons. The van der Waals surface area contributed by atoms with Gasteiger partial charge in [0, 0.05) is 0 Å². The molecular formula is C27H37N3O2P+. The first kappa shape index (κ1) is 26.2. The number of hydrogen-bond acceptors (Lipinski definition) is 5. The highest BCUT2D eigenvalue weighted by molar-refractivity contribution is 7.47. The Labute approximate surface area is 200 Å². The highest BCUT2D eigenvalue weighted by atomic mass is 31.1. The number of anilines is 1. The Balaban J connectivity index is 2.33. The van der Waals surface area contributed by atoms with Crippen LogP contribution in [-0.2, 0) is 12.8 Å². The van der Waals surface area contributed by atoms with Crippen molar-refractivity contribution in [2.75, 3.05) is 12.4 Å². The molecule has 0 spiro atoms. The van der Waals surface area contributed by atoms with E-state index in [0.717, 1.165) is 41.2 Å². The van der Waals surface area contributed by atoms with Crippen LogP contribution in [0.3, 0.4) is 0 Å². The second-order valence-corrected chi connectivity index (χ2v) is 9.73. The number of allylic oxidation sites excluding steroid dienone is 3. The fourth-order valence-corrected chi connectivity index (χ4v) is 4.78. The molecule has 2 aromatic carbocycles. The van der Waals surface area contributed by atoms with E-state index in [4.69, 9.17) is 19.7 Å². The quantitative estimate of drug-likeness (QED) is 0.254. The molecule has 2 rings (SSSR count). The van der Waals surface area contributed by atoms with Crippen molar-refractivity contribution in [2.24, 2.45) is 16.4 Å². The molecule has 0 amide bonds. The lowest BCUT2D eigenvalue weighted by Crippen LogP contribution is -2.13. The molecule has 0 aliphatic rings. The van der Waals surface area contributed by atoms with Gasteiger partial charge in [-0.2, -0.15) is 0 Å². The van der Waals surface area contributed by atoms with E-state index < -0.39 is 7.94 Å². The van der Waals surface area contributed by atoms with Gasteiger partial charge < -0.3 is 15.8 Å². The first-order chi connectivity index (χ1) is 15.8. The zero-order valence-corrected chi connectivity index (χ0v) is 21.4. The molecule has 0 aromatic heterocycles. The van der Waals surface area contributed by atoms with Crippen LogP contribution in [0.4, 0.5) is 5.69 Å². The number of methoxy groups -OCH3 is 1. The van der Waals surface area contributed by atoms with Crippen molar-refractivity contribution in [3.8, 4) is 11.5 Å². The molecule has 0 fully saturated rings. The molecule has 0 bridgehead atoms. The van der Waals surface area contributed by atoms with E-state index in [-0.39, 0.29) is 6.17 Å². The zero-order chi connectivity index (χ0) is 24.4. The number of aryl methyl sites for hydroxylation is 1. The van der Waals surface area contributed by atoms with Crippen LogP contribution in [0.5, 0.6) is 11.5 Å². The minimum atomic E-state index is -1.40. The van der Waals surface area contributed by atoms with Gasteiger partial charge in [-0.25, -0.2) is 0 Å². The molecule has 6 heteroatoms. The lowest BCUT2D eigenvalue weighted by atomic mass is 10.1. The van der Waals surface area contributed by atoms with E-state index in [2.05, 4.69) is 50.5 Å².